The Balaban J connectivity index is 0.000000254. The molecule has 0 spiro atoms. The van der Waals surface area contributed by atoms with Crippen molar-refractivity contribution >= 4 is 63.2 Å². The maximum Gasteiger partial charge on any atom is 2.00 e. The fourth-order valence-corrected chi connectivity index (χ4v) is 7.86. The van der Waals surface area contributed by atoms with E-state index < -0.39 is 18.2 Å². The number of halogens is 3. The van der Waals surface area contributed by atoms with Crippen LogP contribution in [-0.2, 0) is 21.7 Å². The molecule has 2 heterocycles. The summed E-state index contributed by atoms with van der Waals surface area (Å²) in [6, 6.07) is 54.6. The van der Waals surface area contributed by atoms with Gasteiger partial charge in [0, 0.05) is 0 Å². The summed E-state index contributed by atoms with van der Waals surface area (Å²) < 4.78 is 23.8. The Morgan fingerprint density at radius 1 is 0.571 bits per heavy atom. The summed E-state index contributed by atoms with van der Waals surface area (Å²) in [6.45, 7) is 6.28. The second kappa shape index (κ2) is 21.0. The van der Waals surface area contributed by atoms with Crippen molar-refractivity contribution in [3.05, 3.63) is 164 Å². The molecular weight excluding hydrogens is 784 g/mol. The summed E-state index contributed by atoms with van der Waals surface area (Å²) in [5.74, 6) is 3.32. The first-order valence-electron chi connectivity index (χ1n) is 14.8. The standard InChI is InChI=1S/C18H13OS.C12H8O2S.C6H5.C3H9ClSi.BrH.ClH.Mg/c1-2-8-14(9-3-1)20-17-12-6-4-10-15(17)19-16-11-5-7-13-18(16)20;13-15-11-7-3-1-5-9(11)14-10-6-2-4-8-12(10)15;1-2-4-6-5-3-1;1-5(2,3)4;;;/h1-13H;1-8H;1-5H;1-3H3;2*1H;/q+1;;-1;;;;+2/p-2. The first kappa shape index (κ1) is 42.6. The number of fused-ring (bicyclic) bond motifs is 4. The first-order chi connectivity index (χ1) is 22.3. The topological polar surface area (TPSA) is 35.5 Å². The van der Waals surface area contributed by atoms with E-state index in [4.69, 9.17) is 20.6 Å². The van der Waals surface area contributed by atoms with Crippen LogP contribution in [0.15, 0.2) is 182 Å². The van der Waals surface area contributed by atoms with Gasteiger partial charge in [-0.15, -0.1) is 0 Å². The maximum absolute atomic E-state index is 12.1. The smallest absolute Gasteiger partial charge is 1.00 e. The van der Waals surface area contributed by atoms with Crippen molar-refractivity contribution < 1.29 is 43.1 Å². The van der Waals surface area contributed by atoms with E-state index in [1.54, 1.807) is 0 Å². The van der Waals surface area contributed by atoms with E-state index in [1.165, 1.54) is 14.7 Å². The molecule has 0 saturated carbocycles. The molecule has 0 fully saturated rings. The molecular formula is C39H35BrCl2MgO3S2Si. The molecule has 0 aromatic heterocycles. The molecule has 0 aliphatic carbocycles. The van der Waals surface area contributed by atoms with E-state index in [1.807, 2.05) is 103 Å². The molecule has 0 bridgehead atoms. The zero-order valence-corrected chi connectivity index (χ0v) is 34.5. The summed E-state index contributed by atoms with van der Waals surface area (Å²) in [6.07, 6.45) is 0. The zero-order chi connectivity index (χ0) is 32.4. The molecule has 6 aromatic carbocycles. The van der Waals surface area contributed by atoms with Crippen LogP contribution in [0.1, 0.15) is 0 Å². The molecule has 49 heavy (non-hydrogen) atoms. The van der Waals surface area contributed by atoms with E-state index in [2.05, 4.69) is 80.3 Å². The number of ether oxygens (including phenoxy) is 2. The zero-order valence-electron chi connectivity index (χ0n) is 27.4. The Bertz CT molecular complexity index is 1770. The molecule has 6 aromatic rings. The number of para-hydroxylation sites is 4. The quantitative estimate of drug-likeness (QED) is 0.101. The van der Waals surface area contributed by atoms with Crippen LogP contribution in [0.4, 0.5) is 0 Å². The van der Waals surface area contributed by atoms with Gasteiger partial charge >= 0.3 is 23.1 Å². The summed E-state index contributed by atoms with van der Waals surface area (Å²) in [5.41, 5.74) is 0. The fraction of sp³-hybridized carbons (Fsp3) is 0.0769. The molecule has 8 rings (SSSR count). The van der Waals surface area contributed by atoms with Crippen molar-refractivity contribution in [1.82, 2.24) is 0 Å². The van der Waals surface area contributed by atoms with Crippen molar-refractivity contribution in [3.63, 3.8) is 0 Å². The van der Waals surface area contributed by atoms with Gasteiger partial charge in [0.1, 0.15) is 29.8 Å². The predicted octanol–water partition coefficient (Wildman–Crippen LogP) is 5.02. The molecule has 10 heteroatoms. The molecule has 0 saturated heterocycles. The van der Waals surface area contributed by atoms with Gasteiger partial charge in [0.25, 0.3) is 0 Å². The van der Waals surface area contributed by atoms with Crippen molar-refractivity contribution in [1.29, 1.82) is 0 Å². The second-order valence-corrected chi connectivity index (χ2v) is 21.9. The van der Waals surface area contributed by atoms with Gasteiger partial charge in [-0.05, 0) is 60.7 Å². The molecule has 248 valence electrons. The van der Waals surface area contributed by atoms with Crippen LogP contribution in [0.5, 0.6) is 23.0 Å². The van der Waals surface area contributed by atoms with Crippen molar-refractivity contribution in [3.8, 4) is 23.0 Å². The van der Waals surface area contributed by atoms with E-state index in [-0.39, 0.29) is 63.3 Å². The first-order valence-corrected chi connectivity index (χ1v) is 21.7. The Morgan fingerprint density at radius 2 is 0.918 bits per heavy atom. The van der Waals surface area contributed by atoms with Crippen LogP contribution in [0, 0.1) is 6.07 Å². The van der Waals surface area contributed by atoms with Crippen molar-refractivity contribution in [2.24, 2.45) is 0 Å². The van der Waals surface area contributed by atoms with E-state index in [0.29, 0.717) is 11.5 Å². The second-order valence-electron chi connectivity index (χ2n) is 11.0. The maximum atomic E-state index is 12.1. The Hall–Kier alpha value is -2.54. The minimum Gasteiger partial charge on any atom is -1.00 e. The van der Waals surface area contributed by atoms with Gasteiger partial charge in [0.15, 0.2) is 16.4 Å². The summed E-state index contributed by atoms with van der Waals surface area (Å²) in [5, 5.41) is 0. The van der Waals surface area contributed by atoms with E-state index in [0.717, 1.165) is 21.3 Å². The average Bonchev–Trinajstić information content (AvgIpc) is 3.08. The van der Waals surface area contributed by atoms with Gasteiger partial charge in [-0.25, -0.2) is 4.21 Å². The van der Waals surface area contributed by atoms with Crippen molar-refractivity contribution in [2.75, 3.05) is 0 Å². The molecule has 0 atom stereocenters. The third-order valence-electron chi connectivity index (χ3n) is 6.26. The molecule has 0 unspecified atom stereocenters. The monoisotopic (exact) mass is 816 g/mol. The number of hydrogen-bond donors (Lipinski definition) is 0. The third kappa shape index (κ3) is 12.3. The van der Waals surface area contributed by atoms with Gasteiger partial charge in [-0.3, -0.25) is 0 Å². The summed E-state index contributed by atoms with van der Waals surface area (Å²) >= 11 is 5.67. The minimum atomic E-state index is -1.14. The molecule has 3 nitrogen and oxygen atoms in total. The van der Waals surface area contributed by atoms with E-state index >= 15 is 0 Å². The SMILES string of the molecule is C[Si](C)(C)Cl.O=S1c2ccccc2Oc2ccccc21.[Br-].[Cl-].[Mg+2].[c-]1ccccc1.c1ccc([S+]2c3ccccc3Oc3ccccc32)cc1. The molecule has 2 aliphatic heterocycles. The van der Waals surface area contributed by atoms with Crippen molar-refractivity contribution in [2.45, 2.75) is 44.1 Å². The fourth-order valence-electron chi connectivity index (χ4n) is 4.41. The average molecular weight is 819 g/mol. The predicted molar refractivity (Wildman–Crippen MR) is 199 cm³/mol. The number of hydrogen-bond acceptors (Lipinski definition) is 3. The minimum absolute atomic E-state index is 0. The Labute approximate surface area is 334 Å². The number of benzene rings is 6. The normalized spacial score (nSPS) is 11.8. The summed E-state index contributed by atoms with van der Waals surface area (Å²) in [4.78, 5) is 5.35. The molecule has 0 N–H and O–H groups in total. The van der Waals surface area contributed by atoms with Crippen LogP contribution >= 0.6 is 11.1 Å². The number of rotatable bonds is 1. The molecule has 0 amide bonds. The van der Waals surface area contributed by atoms with Crippen LogP contribution < -0.4 is 38.9 Å². The Morgan fingerprint density at radius 3 is 1.33 bits per heavy atom. The van der Waals surface area contributed by atoms with Gasteiger partial charge in [-0.2, -0.15) is 47.5 Å². The Kier molecular flexibility index (Phi) is 18.2. The summed E-state index contributed by atoms with van der Waals surface area (Å²) in [7, 11) is -2.34. The van der Waals surface area contributed by atoms with Crippen LogP contribution in [0.25, 0.3) is 0 Å². The molecule has 2 aliphatic rings. The molecule has 0 radical (unpaired) electrons. The van der Waals surface area contributed by atoms with E-state index in [9.17, 15) is 4.21 Å². The van der Waals surface area contributed by atoms with Gasteiger partial charge in [0.05, 0.1) is 20.6 Å². The van der Waals surface area contributed by atoms with Gasteiger partial charge < -0.3 is 38.9 Å². The van der Waals surface area contributed by atoms with Crippen LogP contribution in [0.2, 0.25) is 19.6 Å². The van der Waals surface area contributed by atoms with Gasteiger partial charge in [-0.1, -0.05) is 86.4 Å². The van der Waals surface area contributed by atoms with Crippen LogP contribution in [-0.4, -0.2) is 34.6 Å². The largest absolute Gasteiger partial charge is 2.00 e. The third-order valence-corrected chi connectivity index (χ3v) is 10.0. The van der Waals surface area contributed by atoms with Crippen LogP contribution in [0.3, 0.4) is 0 Å². The van der Waals surface area contributed by atoms with Gasteiger partial charge in [0.2, 0.25) is 9.79 Å².